The van der Waals surface area contributed by atoms with E-state index in [0.717, 1.165) is 50.9 Å². The number of aryl methyl sites for hydroxylation is 1. The predicted octanol–water partition coefficient (Wildman–Crippen LogP) is 3.12. The summed E-state index contributed by atoms with van der Waals surface area (Å²) in [6.07, 6.45) is 5.88. The van der Waals surface area contributed by atoms with Crippen molar-refractivity contribution in [2.24, 2.45) is 5.92 Å². The maximum absolute atomic E-state index is 12.9. The molecule has 0 N–H and O–H groups in total. The van der Waals surface area contributed by atoms with E-state index in [4.69, 9.17) is 14.2 Å². The van der Waals surface area contributed by atoms with Gasteiger partial charge in [0.15, 0.2) is 6.29 Å². The molecule has 1 unspecified atom stereocenters. The largest absolute Gasteiger partial charge is 0.497 e. The van der Waals surface area contributed by atoms with Crippen molar-refractivity contribution in [2.75, 3.05) is 33.4 Å². The van der Waals surface area contributed by atoms with Crippen molar-refractivity contribution >= 4 is 5.91 Å². The standard InChI is InChI=1S/C21H29NO4/c1-24-18-5-6-19-16(13-18)3-2-4-17(19)14-20(23)22-9-7-15(8-10-22)21-25-11-12-26-21/h5-6,13,15,17,21H,2-4,7-12,14H2,1H3. The SMILES string of the molecule is COc1ccc2c(c1)CCCC2CC(=O)N1CCC(C2OCCO2)CC1. The van der Waals surface area contributed by atoms with E-state index in [1.54, 1.807) is 7.11 Å². The first kappa shape index (κ1) is 17.8. The molecule has 2 fully saturated rings. The monoisotopic (exact) mass is 359 g/mol. The lowest BCUT2D eigenvalue weighted by Crippen LogP contribution is -2.42. The molecule has 5 heteroatoms. The second kappa shape index (κ2) is 7.97. The van der Waals surface area contributed by atoms with Gasteiger partial charge >= 0.3 is 0 Å². The summed E-state index contributed by atoms with van der Waals surface area (Å²) in [6.45, 7) is 3.06. The first-order valence-corrected chi connectivity index (χ1v) is 9.92. The van der Waals surface area contributed by atoms with Crippen molar-refractivity contribution in [3.05, 3.63) is 29.3 Å². The maximum Gasteiger partial charge on any atom is 0.223 e. The average Bonchev–Trinajstić information content (AvgIpc) is 3.22. The molecule has 5 nitrogen and oxygen atoms in total. The fourth-order valence-corrected chi connectivity index (χ4v) is 4.64. The summed E-state index contributed by atoms with van der Waals surface area (Å²) in [7, 11) is 1.71. The number of rotatable bonds is 4. The molecule has 1 amide bonds. The number of amides is 1. The summed E-state index contributed by atoms with van der Waals surface area (Å²) in [6, 6.07) is 6.32. The second-order valence-corrected chi connectivity index (χ2v) is 7.69. The zero-order chi connectivity index (χ0) is 17.9. The number of hydrogen-bond acceptors (Lipinski definition) is 4. The highest BCUT2D eigenvalue weighted by molar-refractivity contribution is 5.77. The van der Waals surface area contributed by atoms with Gasteiger partial charge in [0.05, 0.1) is 20.3 Å². The number of fused-ring (bicyclic) bond motifs is 1. The number of carbonyl (C=O) groups is 1. The van der Waals surface area contributed by atoms with Gasteiger partial charge < -0.3 is 19.1 Å². The van der Waals surface area contributed by atoms with Gasteiger partial charge in [0.2, 0.25) is 5.91 Å². The Kier molecular flexibility index (Phi) is 5.46. The third-order valence-electron chi connectivity index (χ3n) is 6.13. The van der Waals surface area contributed by atoms with E-state index in [1.807, 2.05) is 11.0 Å². The number of ether oxygens (including phenoxy) is 3. The Hall–Kier alpha value is -1.59. The number of nitrogens with zero attached hydrogens (tertiary/aromatic N) is 1. The van der Waals surface area contributed by atoms with Gasteiger partial charge in [0, 0.05) is 25.4 Å². The van der Waals surface area contributed by atoms with Crippen molar-refractivity contribution < 1.29 is 19.0 Å². The quantitative estimate of drug-likeness (QED) is 0.829. The highest BCUT2D eigenvalue weighted by Gasteiger charge is 2.33. The van der Waals surface area contributed by atoms with Crippen LogP contribution in [0.15, 0.2) is 18.2 Å². The summed E-state index contributed by atoms with van der Waals surface area (Å²) >= 11 is 0. The van der Waals surface area contributed by atoms with Crippen molar-refractivity contribution in [3.63, 3.8) is 0 Å². The van der Waals surface area contributed by atoms with Crippen LogP contribution in [0.25, 0.3) is 0 Å². The molecular weight excluding hydrogens is 330 g/mol. The topological polar surface area (TPSA) is 48.0 Å². The fraction of sp³-hybridized carbons (Fsp3) is 0.667. The molecule has 4 rings (SSSR count). The van der Waals surface area contributed by atoms with E-state index in [2.05, 4.69) is 12.1 Å². The first-order chi connectivity index (χ1) is 12.7. The zero-order valence-corrected chi connectivity index (χ0v) is 15.6. The van der Waals surface area contributed by atoms with Gasteiger partial charge in [-0.3, -0.25) is 4.79 Å². The van der Waals surface area contributed by atoms with E-state index in [-0.39, 0.29) is 6.29 Å². The minimum Gasteiger partial charge on any atom is -0.497 e. The highest BCUT2D eigenvalue weighted by atomic mass is 16.7. The smallest absolute Gasteiger partial charge is 0.223 e. The summed E-state index contributed by atoms with van der Waals surface area (Å²) in [5, 5.41) is 0. The number of hydrogen-bond donors (Lipinski definition) is 0. The minimum absolute atomic E-state index is 0.0487. The van der Waals surface area contributed by atoms with Crippen molar-refractivity contribution in [3.8, 4) is 5.75 Å². The maximum atomic E-state index is 12.9. The van der Waals surface area contributed by atoms with E-state index in [1.165, 1.54) is 11.1 Å². The number of carbonyl (C=O) groups excluding carboxylic acids is 1. The van der Waals surface area contributed by atoms with Gasteiger partial charge in [0.1, 0.15) is 5.75 Å². The average molecular weight is 359 g/mol. The van der Waals surface area contributed by atoms with E-state index in [9.17, 15) is 4.79 Å². The number of likely N-dealkylation sites (tertiary alicyclic amines) is 1. The molecule has 1 aromatic rings. The van der Waals surface area contributed by atoms with Gasteiger partial charge in [-0.1, -0.05) is 6.07 Å². The van der Waals surface area contributed by atoms with Crippen LogP contribution in [0.2, 0.25) is 0 Å². The third-order valence-corrected chi connectivity index (χ3v) is 6.13. The Bertz CT molecular complexity index is 633. The summed E-state index contributed by atoms with van der Waals surface area (Å²) < 4.78 is 16.6. The summed E-state index contributed by atoms with van der Waals surface area (Å²) in [5.74, 6) is 1.99. The molecule has 2 aliphatic heterocycles. The molecule has 0 spiro atoms. The zero-order valence-electron chi connectivity index (χ0n) is 15.6. The molecule has 2 heterocycles. The molecule has 2 saturated heterocycles. The van der Waals surface area contributed by atoms with Gasteiger partial charge in [0.25, 0.3) is 0 Å². The van der Waals surface area contributed by atoms with Crippen LogP contribution in [0.3, 0.4) is 0 Å². The highest BCUT2D eigenvalue weighted by Crippen LogP contribution is 2.36. The Morgan fingerprint density at radius 1 is 1.19 bits per heavy atom. The van der Waals surface area contributed by atoms with Crippen LogP contribution in [-0.2, 0) is 20.7 Å². The lowest BCUT2D eigenvalue weighted by molar-refractivity contribution is -0.137. The predicted molar refractivity (Wildman–Crippen MR) is 98.3 cm³/mol. The molecular formula is C21H29NO4. The Morgan fingerprint density at radius 2 is 1.96 bits per heavy atom. The van der Waals surface area contributed by atoms with Crippen LogP contribution < -0.4 is 4.74 Å². The number of piperidine rings is 1. The lowest BCUT2D eigenvalue weighted by atomic mass is 9.80. The first-order valence-electron chi connectivity index (χ1n) is 9.92. The molecule has 26 heavy (non-hydrogen) atoms. The molecule has 0 aromatic heterocycles. The number of methoxy groups -OCH3 is 1. The van der Waals surface area contributed by atoms with Crippen LogP contribution in [-0.4, -0.2) is 50.5 Å². The molecule has 0 radical (unpaired) electrons. The van der Waals surface area contributed by atoms with Crippen molar-refractivity contribution in [1.29, 1.82) is 0 Å². The molecule has 1 aromatic carbocycles. The molecule has 142 valence electrons. The minimum atomic E-state index is -0.0487. The second-order valence-electron chi connectivity index (χ2n) is 7.69. The summed E-state index contributed by atoms with van der Waals surface area (Å²) in [4.78, 5) is 14.9. The Balaban J connectivity index is 1.34. The van der Waals surface area contributed by atoms with Crippen LogP contribution in [0.4, 0.5) is 0 Å². The van der Waals surface area contributed by atoms with Gasteiger partial charge in [-0.25, -0.2) is 0 Å². The molecule has 1 atom stereocenters. The number of benzene rings is 1. The third kappa shape index (κ3) is 3.74. The Labute approximate surface area is 155 Å². The van der Waals surface area contributed by atoms with Gasteiger partial charge in [-0.15, -0.1) is 0 Å². The Morgan fingerprint density at radius 3 is 2.69 bits per heavy atom. The van der Waals surface area contributed by atoms with Crippen molar-refractivity contribution in [2.45, 2.75) is 50.7 Å². The van der Waals surface area contributed by atoms with Crippen LogP contribution in [0.1, 0.15) is 49.1 Å². The lowest BCUT2D eigenvalue weighted by Gasteiger charge is -2.35. The van der Waals surface area contributed by atoms with Crippen LogP contribution in [0.5, 0.6) is 5.75 Å². The fourth-order valence-electron chi connectivity index (χ4n) is 4.64. The van der Waals surface area contributed by atoms with Crippen LogP contribution in [0, 0.1) is 5.92 Å². The van der Waals surface area contributed by atoms with Crippen LogP contribution >= 0.6 is 0 Å². The molecule has 3 aliphatic rings. The molecule has 0 bridgehead atoms. The molecule has 1 aliphatic carbocycles. The van der Waals surface area contributed by atoms with Crippen molar-refractivity contribution in [1.82, 2.24) is 4.90 Å². The normalized spacial score (nSPS) is 24.5. The van der Waals surface area contributed by atoms with E-state index < -0.39 is 0 Å². The van der Waals surface area contributed by atoms with E-state index >= 15 is 0 Å². The molecule has 0 saturated carbocycles. The van der Waals surface area contributed by atoms with Gasteiger partial charge in [-0.2, -0.15) is 0 Å². The van der Waals surface area contributed by atoms with Gasteiger partial charge in [-0.05, 0) is 61.3 Å². The summed E-state index contributed by atoms with van der Waals surface area (Å²) in [5.41, 5.74) is 2.69. The van der Waals surface area contributed by atoms with E-state index in [0.29, 0.717) is 37.4 Å².